The van der Waals surface area contributed by atoms with Crippen LogP contribution in [-0.4, -0.2) is 68.1 Å². The predicted octanol–water partition coefficient (Wildman–Crippen LogP) is 2.44. The Balaban J connectivity index is 2.60. The van der Waals surface area contributed by atoms with Crippen LogP contribution < -0.4 is 11.1 Å². The van der Waals surface area contributed by atoms with Gasteiger partial charge in [-0.05, 0) is 32.6 Å². The number of hydrogen-bond donors (Lipinski definition) is 3. The van der Waals surface area contributed by atoms with Crippen molar-refractivity contribution in [1.82, 2.24) is 5.32 Å². The molecule has 0 radical (unpaired) electrons. The molecule has 10 nitrogen and oxygen atoms in total. The predicted molar refractivity (Wildman–Crippen MR) is 149 cm³/mol. The van der Waals surface area contributed by atoms with Crippen molar-refractivity contribution < 1.29 is 38.5 Å². The Bertz CT molecular complexity index is 1150. The molecule has 0 aromatic carbocycles. The van der Waals surface area contributed by atoms with Crippen molar-refractivity contribution in [3.05, 3.63) is 58.6 Å². The first-order chi connectivity index (χ1) is 18.8. The third-order valence-electron chi connectivity index (χ3n) is 7.36. The molecular weight excluding hydrogens is 516 g/mol. The quantitative estimate of drug-likeness (QED) is 0.343. The van der Waals surface area contributed by atoms with Crippen LogP contribution in [0, 0.1) is 17.8 Å². The van der Waals surface area contributed by atoms with Crippen molar-refractivity contribution in [1.29, 1.82) is 0 Å². The molecule has 1 aliphatic carbocycles. The minimum atomic E-state index is -0.907. The molecule has 0 aromatic heterocycles. The van der Waals surface area contributed by atoms with Gasteiger partial charge >= 0.3 is 0 Å². The Morgan fingerprint density at radius 2 is 1.80 bits per heavy atom. The molecule has 4 N–H and O–H groups in total. The maximum atomic E-state index is 13.3. The second-order valence-corrected chi connectivity index (χ2v) is 10.5. The first-order valence-corrected chi connectivity index (χ1v) is 13.3. The highest BCUT2D eigenvalue weighted by Gasteiger charge is 2.33. The lowest BCUT2D eigenvalue weighted by molar-refractivity contribution is -0.121. The number of carbonyl (C=O) groups excluding carboxylic acids is 4. The van der Waals surface area contributed by atoms with Crippen molar-refractivity contribution in [2.24, 2.45) is 23.5 Å². The number of nitrogens with one attached hydrogen (secondary N) is 1. The van der Waals surface area contributed by atoms with Crippen molar-refractivity contribution in [3.63, 3.8) is 0 Å². The molecule has 10 heteroatoms. The smallest absolute Gasteiger partial charge is 0.251 e. The SMILES string of the molecule is COC1=C2CC(C)CC(OC)C(O)C(C)/C=C(\C)C(CC(N)=O)C(OC)/C=C\C=C(/C)C(=O)NC(=CC1=O)C2=O. The number of nitrogens with two attached hydrogens (primary N) is 1. The van der Waals surface area contributed by atoms with Gasteiger partial charge in [-0.3, -0.25) is 19.2 Å². The number of Topliss-reactive ketones (excluding diaryl/α,β-unsaturated/α-hetero) is 1. The molecule has 2 bridgehead atoms. The molecule has 2 aliphatic rings. The number of primary amides is 1. The zero-order chi connectivity index (χ0) is 30.1. The number of methoxy groups -OCH3 is 3. The summed E-state index contributed by atoms with van der Waals surface area (Å²) in [5, 5.41) is 13.7. The number of ketones is 2. The van der Waals surface area contributed by atoms with E-state index in [0.717, 1.165) is 11.6 Å². The summed E-state index contributed by atoms with van der Waals surface area (Å²) in [6.07, 6.45) is 6.32. The van der Waals surface area contributed by atoms with Gasteiger partial charge in [0.25, 0.3) is 5.91 Å². The third-order valence-corrected chi connectivity index (χ3v) is 7.36. The number of amides is 2. The summed E-state index contributed by atoms with van der Waals surface area (Å²) in [6.45, 7) is 7.15. The standard InChI is InChI=1S/C30H42N2O8/c1-16-11-21-28(36)22(15-23(33)29(21)40-7)32-30(37)17(2)9-8-10-24(38-5)20(14-26(31)34)18(3)13-19(4)27(35)25(12-16)39-6/h8-10,13,15-16,19-20,24-25,27,35H,11-12,14H2,1-7H3,(H2,31,34)(H,32,37)/b10-8-,17-9+,18-13+. The summed E-state index contributed by atoms with van der Waals surface area (Å²) < 4.78 is 16.6. The van der Waals surface area contributed by atoms with E-state index in [-0.39, 0.29) is 47.3 Å². The lowest BCUT2D eigenvalue weighted by Crippen LogP contribution is -2.36. The van der Waals surface area contributed by atoms with Crippen molar-refractivity contribution in [2.75, 3.05) is 21.3 Å². The average molecular weight is 559 g/mol. The highest BCUT2D eigenvalue weighted by atomic mass is 16.5. The Kier molecular flexibility index (Phi) is 12.2. The van der Waals surface area contributed by atoms with E-state index in [0.29, 0.717) is 6.42 Å². The molecule has 0 saturated heterocycles. The van der Waals surface area contributed by atoms with Gasteiger partial charge < -0.3 is 30.4 Å². The maximum absolute atomic E-state index is 13.3. The van der Waals surface area contributed by atoms with Crippen LogP contribution >= 0.6 is 0 Å². The monoisotopic (exact) mass is 558 g/mol. The van der Waals surface area contributed by atoms with Crippen LogP contribution in [0.2, 0.25) is 0 Å². The summed E-state index contributed by atoms with van der Waals surface area (Å²) in [4.78, 5) is 50.9. The third kappa shape index (κ3) is 8.33. The van der Waals surface area contributed by atoms with E-state index in [9.17, 15) is 24.3 Å². The van der Waals surface area contributed by atoms with Crippen LogP contribution in [0.15, 0.2) is 58.6 Å². The van der Waals surface area contributed by atoms with E-state index in [2.05, 4.69) is 5.32 Å². The molecule has 0 fully saturated rings. The van der Waals surface area contributed by atoms with Crippen molar-refractivity contribution >= 4 is 23.4 Å². The number of rotatable bonds is 5. The normalized spacial score (nSPS) is 32.8. The summed E-state index contributed by atoms with van der Waals surface area (Å²) >= 11 is 0. The lowest BCUT2D eigenvalue weighted by atomic mass is 9.84. The number of aliphatic hydroxyl groups excluding tert-OH is 1. The number of ether oxygens (including phenoxy) is 3. The summed E-state index contributed by atoms with van der Waals surface area (Å²) in [6, 6.07) is 0. The lowest BCUT2D eigenvalue weighted by Gasteiger charge is -2.30. The van der Waals surface area contributed by atoms with Crippen LogP contribution in [0.1, 0.15) is 47.0 Å². The van der Waals surface area contributed by atoms with E-state index in [1.54, 1.807) is 25.2 Å². The molecule has 0 aromatic rings. The Hall–Kier alpha value is -3.34. The van der Waals surface area contributed by atoms with E-state index < -0.39 is 47.6 Å². The van der Waals surface area contributed by atoms with Crippen molar-refractivity contribution in [2.45, 2.75) is 65.3 Å². The maximum Gasteiger partial charge on any atom is 0.251 e. The molecule has 2 rings (SSSR count). The number of hydrogen-bond acceptors (Lipinski definition) is 8. The fourth-order valence-corrected chi connectivity index (χ4v) is 5.09. The summed E-state index contributed by atoms with van der Waals surface area (Å²) in [5.41, 5.74) is 6.64. The second kappa shape index (κ2) is 14.9. The molecule has 2 amide bonds. The first-order valence-electron chi connectivity index (χ1n) is 13.3. The molecule has 220 valence electrons. The Morgan fingerprint density at radius 3 is 2.38 bits per heavy atom. The van der Waals surface area contributed by atoms with Gasteiger partial charge in [-0.1, -0.05) is 43.7 Å². The molecule has 40 heavy (non-hydrogen) atoms. The van der Waals surface area contributed by atoms with Gasteiger partial charge in [0, 0.05) is 49.7 Å². The van der Waals surface area contributed by atoms with Crippen LogP contribution in [0.5, 0.6) is 0 Å². The van der Waals surface area contributed by atoms with Gasteiger partial charge in [-0.2, -0.15) is 0 Å². The number of allylic oxidation sites excluding steroid dienone is 4. The number of aliphatic hydroxyl groups is 1. The highest BCUT2D eigenvalue weighted by molar-refractivity contribution is 6.23. The largest absolute Gasteiger partial charge is 0.492 e. The fourth-order valence-electron chi connectivity index (χ4n) is 5.09. The highest BCUT2D eigenvalue weighted by Crippen LogP contribution is 2.30. The summed E-state index contributed by atoms with van der Waals surface area (Å²) in [5.74, 6) is -3.12. The van der Waals surface area contributed by atoms with Gasteiger partial charge in [0.1, 0.15) is 0 Å². The van der Waals surface area contributed by atoms with Gasteiger partial charge in [-0.15, -0.1) is 0 Å². The van der Waals surface area contributed by atoms with Crippen LogP contribution in [0.3, 0.4) is 0 Å². The van der Waals surface area contributed by atoms with Crippen LogP contribution in [0.25, 0.3) is 0 Å². The van der Waals surface area contributed by atoms with Crippen molar-refractivity contribution in [3.8, 4) is 0 Å². The summed E-state index contributed by atoms with van der Waals surface area (Å²) in [7, 11) is 4.33. The molecule has 1 aliphatic heterocycles. The molecule has 0 saturated carbocycles. The van der Waals surface area contributed by atoms with Gasteiger partial charge in [-0.25, -0.2) is 0 Å². The number of carbonyl (C=O) groups is 4. The topological polar surface area (TPSA) is 154 Å². The average Bonchev–Trinajstić information content (AvgIpc) is 2.90. The minimum absolute atomic E-state index is 0.0170. The van der Waals surface area contributed by atoms with Gasteiger partial charge in [0.15, 0.2) is 5.76 Å². The first kappa shape index (κ1) is 32.9. The zero-order valence-corrected chi connectivity index (χ0v) is 24.4. The van der Waals surface area contributed by atoms with Gasteiger partial charge in [0.05, 0.1) is 31.1 Å². The van der Waals surface area contributed by atoms with Crippen LogP contribution in [-0.2, 0) is 33.4 Å². The number of fused-ring (bicyclic) bond motifs is 2. The minimum Gasteiger partial charge on any atom is -0.492 e. The second-order valence-electron chi connectivity index (χ2n) is 10.5. The molecule has 1 heterocycles. The molecule has 6 atom stereocenters. The molecule has 6 unspecified atom stereocenters. The molecular formula is C30H42N2O8. The van der Waals surface area contributed by atoms with Crippen LogP contribution in [0.4, 0.5) is 0 Å². The van der Waals surface area contributed by atoms with E-state index in [4.69, 9.17) is 19.9 Å². The van der Waals surface area contributed by atoms with Gasteiger partial charge in [0.2, 0.25) is 17.5 Å². The Morgan fingerprint density at radius 1 is 1.12 bits per heavy atom. The Labute approximate surface area is 236 Å². The molecule has 0 spiro atoms. The van der Waals surface area contributed by atoms with E-state index in [1.165, 1.54) is 21.3 Å². The fraction of sp³-hybridized carbons (Fsp3) is 0.533. The van der Waals surface area contributed by atoms with E-state index >= 15 is 0 Å². The zero-order valence-electron chi connectivity index (χ0n) is 24.4. The van der Waals surface area contributed by atoms with E-state index in [1.807, 2.05) is 26.8 Å².